The number of amides is 1. The van der Waals surface area contributed by atoms with Crippen LogP contribution < -0.4 is 0 Å². The van der Waals surface area contributed by atoms with Crippen molar-refractivity contribution in [1.29, 1.82) is 0 Å². The highest BCUT2D eigenvalue weighted by Crippen LogP contribution is 2.25. The lowest BCUT2D eigenvalue weighted by atomic mass is 10.1. The molecule has 1 amide bonds. The van der Waals surface area contributed by atoms with Crippen LogP contribution in [-0.4, -0.2) is 46.9 Å². The summed E-state index contributed by atoms with van der Waals surface area (Å²) in [6, 6.07) is 0.668. The lowest BCUT2D eigenvalue weighted by molar-refractivity contribution is -0.385. The van der Waals surface area contributed by atoms with Gasteiger partial charge in [-0.05, 0) is 6.07 Å². The van der Waals surface area contributed by atoms with Crippen molar-refractivity contribution in [3.63, 3.8) is 0 Å². The molecule has 1 heterocycles. The average Bonchev–Trinajstić information content (AvgIpc) is 2.48. The summed E-state index contributed by atoms with van der Waals surface area (Å²) in [6.07, 6.45) is 0. The number of morpholine rings is 1. The molecule has 1 aliphatic heterocycles. The van der Waals surface area contributed by atoms with Gasteiger partial charge < -0.3 is 9.64 Å². The summed E-state index contributed by atoms with van der Waals surface area (Å²) in [5, 5.41) is 11.3. The van der Waals surface area contributed by atoms with Gasteiger partial charge in [-0.3, -0.25) is 14.9 Å². The largest absolute Gasteiger partial charge is 0.377 e. The summed E-state index contributed by atoms with van der Waals surface area (Å²) in [5.74, 6) is -3.38. The van der Waals surface area contributed by atoms with Crippen LogP contribution in [0.1, 0.15) is 10.4 Å². The molecule has 2 rings (SSSR count). The Bertz CT molecular complexity index is 585. The zero-order chi connectivity index (χ0) is 15.6. The number of ether oxygens (including phenoxy) is 1. The molecule has 1 aromatic rings. The van der Waals surface area contributed by atoms with Gasteiger partial charge in [0.25, 0.3) is 11.6 Å². The van der Waals surface area contributed by atoms with Crippen molar-refractivity contribution >= 4 is 27.5 Å². The lowest BCUT2D eigenvalue weighted by Gasteiger charge is -2.34. The molecule has 0 aromatic heterocycles. The third-order valence-corrected chi connectivity index (χ3v) is 3.88. The molecule has 6 nitrogen and oxygen atoms in total. The summed E-state index contributed by atoms with van der Waals surface area (Å²) in [5.41, 5.74) is -1.22. The highest BCUT2D eigenvalue weighted by molar-refractivity contribution is 9.09. The second-order valence-corrected chi connectivity index (χ2v) is 5.07. The predicted octanol–water partition coefficient (Wildman–Crippen LogP) is 2.11. The Morgan fingerprint density at radius 2 is 2.14 bits per heavy atom. The van der Waals surface area contributed by atoms with Crippen LogP contribution in [0.25, 0.3) is 0 Å². The van der Waals surface area contributed by atoms with Gasteiger partial charge in [-0.15, -0.1) is 0 Å². The van der Waals surface area contributed by atoms with Crippen LogP contribution in [0, 0.1) is 21.7 Å². The fourth-order valence-corrected chi connectivity index (χ4v) is 2.60. The lowest BCUT2D eigenvalue weighted by Crippen LogP contribution is -2.49. The van der Waals surface area contributed by atoms with Crippen molar-refractivity contribution in [2.45, 2.75) is 6.04 Å². The minimum absolute atomic E-state index is 0.227. The van der Waals surface area contributed by atoms with Gasteiger partial charge in [0.05, 0.1) is 30.2 Å². The Morgan fingerprint density at radius 3 is 2.76 bits per heavy atom. The van der Waals surface area contributed by atoms with Crippen LogP contribution in [-0.2, 0) is 4.74 Å². The van der Waals surface area contributed by atoms with Crippen LogP contribution in [0.3, 0.4) is 0 Å². The van der Waals surface area contributed by atoms with Crippen molar-refractivity contribution < 1.29 is 23.2 Å². The molecule has 1 atom stereocenters. The third kappa shape index (κ3) is 3.18. The van der Waals surface area contributed by atoms with Gasteiger partial charge in [0.1, 0.15) is 5.56 Å². The number of hydrogen-bond donors (Lipinski definition) is 0. The van der Waals surface area contributed by atoms with E-state index in [4.69, 9.17) is 4.74 Å². The number of nitro groups is 1. The molecule has 0 aliphatic carbocycles. The second kappa shape index (κ2) is 6.44. The minimum Gasteiger partial charge on any atom is -0.377 e. The molecule has 1 aromatic carbocycles. The summed E-state index contributed by atoms with van der Waals surface area (Å²) in [6.45, 7) is 0.784. The fraction of sp³-hybridized carbons (Fsp3) is 0.417. The Morgan fingerprint density at radius 1 is 1.48 bits per heavy atom. The maximum absolute atomic E-state index is 13.3. The highest BCUT2D eigenvalue weighted by atomic mass is 79.9. The number of benzene rings is 1. The first-order chi connectivity index (χ1) is 9.95. The van der Waals surface area contributed by atoms with Gasteiger partial charge >= 0.3 is 0 Å². The van der Waals surface area contributed by atoms with Crippen LogP contribution in [0.4, 0.5) is 14.5 Å². The van der Waals surface area contributed by atoms with Crippen molar-refractivity contribution in [3.8, 4) is 0 Å². The van der Waals surface area contributed by atoms with Crippen molar-refractivity contribution in [3.05, 3.63) is 39.4 Å². The van der Waals surface area contributed by atoms with E-state index in [0.29, 0.717) is 17.5 Å². The molecule has 21 heavy (non-hydrogen) atoms. The molecule has 9 heteroatoms. The van der Waals surface area contributed by atoms with E-state index >= 15 is 0 Å². The van der Waals surface area contributed by atoms with E-state index in [2.05, 4.69) is 15.9 Å². The summed E-state index contributed by atoms with van der Waals surface area (Å²) >= 11 is 3.22. The van der Waals surface area contributed by atoms with Gasteiger partial charge in [-0.25, -0.2) is 8.78 Å². The molecule has 0 saturated carbocycles. The Hall–Kier alpha value is -1.61. The van der Waals surface area contributed by atoms with Crippen molar-refractivity contribution in [2.75, 3.05) is 25.1 Å². The second-order valence-electron chi connectivity index (χ2n) is 4.42. The quantitative estimate of drug-likeness (QED) is 0.467. The van der Waals surface area contributed by atoms with Crippen LogP contribution in [0.2, 0.25) is 0 Å². The van der Waals surface area contributed by atoms with Crippen LogP contribution >= 0.6 is 15.9 Å². The van der Waals surface area contributed by atoms with E-state index in [1.54, 1.807) is 0 Å². The van der Waals surface area contributed by atoms with E-state index < -0.39 is 33.7 Å². The molecule has 0 spiro atoms. The third-order valence-electron chi connectivity index (χ3n) is 3.13. The normalized spacial score (nSPS) is 18.6. The topological polar surface area (TPSA) is 72.7 Å². The minimum atomic E-state index is -1.36. The van der Waals surface area contributed by atoms with Gasteiger partial charge in [0, 0.05) is 11.9 Å². The van der Waals surface area contributed by atoms with Gasteiger partial charge in [0.15, 0.2) is 11.6 Å². The number of nitrogens with zero attached hydrogens (tertiary/aromatic N) is 2. The number of halogens is 3. The molecular formula is C12H11BrF2N2O4. The molecule has 114 valence electrons. The molecule has 1 unspecified atom stereocenters. The zero-order valence-electron chi connectivity index (χ0n) is 10.7. The number of hydrogen-bond acceptors (Lipinski definition) is 4. The molecule has 1 aliphatic rings. The SMILES string of the molecule is O=C(c1cc(F)c(F)cc1[N+](=O)[O-])N1CCOCC1CBr. The molecule has 1 fully saturated rings. The first-order valence-corrected chi connectivity index (χ1v) is 7.16. The van der Waals surface area contributed by atoms with E-state index in [-0.39, 0.29) is 25.8 Å². The monoisotopic (exact) mass is 364 g/mol. The standard InChI is InChI=1S/C12H11BrF2N2O4/c13-5-7-6-21-2-1-16(7)12(18)8-3-9(14)10(15)4-11(8)17(19)20/h3-4,7H,1-2,5-6H2. The molecule has 1 saturated heterocycles. The first-order valence-electron chi connectivity index (χ1n) is 6.03. The van der Waals surface area contributed by atoms with Crippen LogP contribution in [0.5, 0.6) is 0 Å². The van der Waals surface area contributed by atoms with E-state index in [1.165, 1.54) is 4.90 Å². The highest BCUT2D eigenvalue weighted by Gasteiger charge is 2.32. The number of alkyl halides is 1. The summed E-state index contributed by atoms with van der Waals surface area (Å²) < 4.78 is 31.7. The zero-order valence-corrected chi connectivity index (χ0v) is 12.3. The predicted molar refractivity (Wildman–Crippen MR) is 72.4 cm³/mol. The van der Waals surface area contributed by atoms with Gasteiger partial charge in [0.2, 0.25) is 0 Å². The number of rotatable bonds is 3. The van der Waals surface area contributed by atoms with E-state index in [9.17, 15) is 23.7 Å². The smallest absolute Gasteiger partial charge is 0.285 e. The van der Waals surface area contributed by atoms with Crippen molar-refractivity contribution in [1.82, 2.24) is 4.90 Å². The average molecular weight is 365 g/mol. The molecule has 0 radical (unpaired) electrons. The summed E-state index contributed by atoms with van der Waals surface area (Å²) in [4.78, 5) is 23.8. The van der Waals surface area contributed by atoms with Crippen molar-refractivity contribution in [2.24, 2.45) is 0 Å². The Balaban J connectivity index is 2.42. The van der Waals surface area contributed by atoms with E-state index in [0.717, 1.165) is 0 Å². The first kappa shape index (κ1) is 15.8. The molecule has 0 bridgehead atoms. The van der Waals surface area contributed by atoms with E-state index in [1.807, 2.05) is 0 Å². The molecular weight excluding hydrogens is 354 g/mol. The van der Waals surface area contributed by atoms with Gasteiger partial charge in [-0.1, -0.05) is 15.9 Å². The fourth-order valence-electron chi connectivity index (χ4n) is 2.06. The number of carbonyl (C=O) groups is 1. The van der Waals surface area contributed by atoms with Gasteiger partial charge in [-0.2, -0.15) is 0 Å². The summed E-state index contributed by atoms with van der Waals surface area (Å²) in [7, 11) is 0. The maximum atomic E-state index is 13.3. The Labute approximate surface area is 127 Å². The Kier molecular flexibility index (Phi) is 4.84. The van der Waals surface area contributed by atoms with Crippen LogP contribution in [0.15, 0.2) is 12.1 Å². The molecule has 0 N–H and O–H groups in total. The number of carbonyl (C=O) groups excluding carboxylic acids is 1. The maximum Gasteiger partial charge on any atom is 0.285 e. The number of nitro benzene ring substituents is 1.